The summed E-state index contributed by atoms with van der Waals surface area (Å²) in [5, 5.41) is 7.11. The van der Waals surface area contributed by atoms with Gasteiger partial charge in [0.25, 0.3) is 0 Å². The number of aryl methyl sites for hydroxylation is 1. The van der Waals surface area contributed by atoms with Crippen molar-refractivity contribution in [2.24, 2.45) is 0 Å². The highest BCUT2D eigenvalue weighted by molar-refractivity contribution is 5.98. The molecule has 2 aromatic rings. The van der Waals surface area contributed by atoms with Gasteiger partial charge in [-0.3, -0.25) is 9.48 Å². The van der Waals surface area contributed by atoms with E-state index in [0.29, 0.717) is 5.82 Å². The molecule has 1 amide bonds. The van der Waals surface area contributed by atoms with Gasteiger partial charge in [0.1, 0.15) is 0 Å². The van der Waals surface area contributed by atoms with E-state index in [0.717, 1.165) is 5.56 Å². The first kappa shape index (κ1) is 13.1. The maximum Gasteiger partial charge on any atom is 0.248 e. The van der Waals surface area contributed by atoms with Crippen molar-refractivity contribution in [3.05, 3.63) is 60.3 Å². The summed E-state index contributed by atoms with van der Waals surface area (Å²) in [6.45, 7) is 7.42. The lowest BCUT2D eigenvalue weighted by Gasteiger charge is -2.12. The quantitative estimate of drug-likeness (QED) is 0.854. The van der Waals surface area contributed by atoms with Crippen LogP contribution in [-0.2, 0) is 4.79 Å². The fourth-order valence-corrected chi connectivity index (χ4v) is 1.86. The van der Waals surface area contributed by atoms with Crippen molar-refractivity contribution in [1.82, 2.24) is 9.78 Å². The van der Waals surface area contributed by atoms with Gasteiger partial charge in [-0.2, -0.15) is 5.10 Å². The second-order valence-electron chi connectivity index (χ2n) is 4.42. The summed E-state index contributed by atoms with van der Waals surface area (Å²) in [7, 11) is 0. The molecule has 0 bridgehead atoms. The first-order valence-corrected chi connectivity index (χ1v) is 6.16. The minimum atomic E-state index is -0.249. The largest absolute Gasteiger partial charge is 0.305 e. The Kier molecular flexibility index (Phi) is 3.80. The molecule has 4 heteroatoms. The van der Waals surface area contributed by atoms with Crippen LogP contribution in [-0.4, -0.2) is 15.7 Å². The maximum absolute atomic E-state index is 11.3. The molecule has 0 radical (unpaired) electrons. The van der Waals surface area contributed by atoms with Crippen molar-refractivity contribution in [2.45, 2.75) is 19.9 Å². The number of nitrogens with zero attached hydrogens (tertiary/aromatic N) is 2. The van der Waals surface area contributed by atoms with E-state index >= 15 is 0 Å². The Morgan fingerprint density at radius 3 is 2.74 bits per heavy atom. The second-order valence-corrected chi connectivity index (χ2v) is 4.42. The molecule has 1 aromatic carbocycles. The Balaban J connectivity index is 2.24. The average Bonchev–Trinajstić information content (AvgIpc) is 2.80. The number of carbonyl (C=O) groups excluding carboxylic acids is 1. The number of hydrogen-bond donors (Lipinski definition) is 1. The van der Waals surface area contributed by atoms with E-state index in [1.165, 1.54) is 11.6 Å². The molecule has 1 N–H and O–H groups in total. The van der Waals surface area contributed by atoms with Crippen LogP contribution in [0.4, 0.5) is 5.82 Å². The van der Waals surface area contributed by atoms with Crippen molar-refractivity contribution in [3.8, 4) is 0 Å². The third-order valence-corrected chi connectivity index (χ3v) is 3.02. The van der Waals surface area contributed by atoms with Crippen molar-refractivity contribution >= 4 is 11.7 Å². The van der Waals surface area contributed by atoms with Crippen LogP contribution in [0.2, 0.25) is 0 Å². The normalized spacial score (nSPS) is 11.9. The Morgan fingerprint density at radius 1 is 1.42 bits per heavy atom. The van der Waals surface area contributed by atoms with Gasteiger partial charge < -0.3 is 5.32 Å². The van der Waals surface area contributed by atoms with E-state index in [-0.39, 0.29) is 11.9 Å². The van der Waals surface area contributed by atoms with E-state index in [9.17, 15) is 4.79 Å². The summed E-state index contributed by atoms with van der Waals surface area (Å²) >= 11 is 0. The fourth-order valence-electron chi connectivity index (χ4n) is 1.86. The lowest BCUT2D eigenvalue weighted by atomic mass is 10.1. The maximum atomic E-state index is 11.3. The molecule has 1 unspecified atom stereocenters. The van der Waals surface area contributed by atoms with Gasteiger partial charge in [0.05, 0.1) is 6.04 Å². The molecule has 0 aliphatic heterocycles. The van der Waals surface area contributed by atoms with Crippen LogP contribution >= 0.6 is 0 Å². The van der Waals surface area contributed by atoms with Gasteiger partial charge in [0.15, 0.2) is 5.82 Å². The summed E-state index contributed by atoms with van der Waals surface area (Å²) in [6, 6.07) is 10.2. The summed E-state index contributed by atoms with van der Waals surface area (Å²) < 4.78 is 1.85. The first-order valence-electron chi connectivity index (χ1n) is 6.16. The zero-order chi connectivity index (χ0) is 13.8. The van der Waals surface area contributed by atoms with Gasteiger partial charge in [-0.05, 0) is 25.5 Å². The average molecular weight is 255 g/mol. The molecule has 0 saturated heterocycles. The van der Waals surface area contributed by atoms with Gasteiger partial charge in [-0.1, -0.05) is 36.9 Å². The lowest BCUT2D eigenvalue weighted by molar-refractivity contribution is -0.111. The number of carbonyl (C=O) groups is 1. The smallest absolute Gasteiger partial charge is 0.248 e. The van der Waals surface area contributed by atoms with Crippen LogP contribution in [0.5, 0.6) is 0 Å². The third-order valence-electron chi connectivity index (χ3n) is 3.02. The van der Waals surface area contributed by atoms with Gasteiger partial charge in [-0.25, -0.2) is 0 Å². The molecule has 4 nitrogen and oxygen atoms in total. The van der Waals surface area contributed by atoms with Crippen molar-refractivity contribution < 1.29 is 4.79 Å². The van der Waals surface area contributed by atoms with Gasteiger partial charge >= 0.3 is 0 Å². The Morgan fingerprint density at radius 2 is 2.11 bits per heavy atom. The molecule has 0 saturated carbocycles. The lowest BCUT2D eigenvalue weighted by Crippen LogP contribution is -2.11. The molecule has 0 aliphatic rings. The predicted molar refractivity (Wildman–Crippen MR) is 76.0 cm³/mol. The van der Waals surface area contributed by atoms with E-state index in [2.05, 4.69) is 36.1 Å². The monoisotopic (exact) mass is 255 g/mol. The summed E-state index contributed by atoms with van der Waals surface area (Å²) in [6.07, 6.45) is 3.16. The van der Waals surface area contributed by atoms with Gasteiger partial charge in [0.2, 0.25) is 5.91 Å². The third kappa shape index (κ3) is 2.91. The van der Waals surface area contributed by atoms with Crippen LogP contribution in [0.1, 0.15) is 24.1 Å². The van der Waals surface area contributed by atoms with E-state index < -0.39 is 0 Å². The van der Waals surface area contributed by atoms with Crippen LogP contribution in [0.3, 0.4) is 0 Å². The highest BCUT2D eigenvalue weighted by Crippen LogP contribution is 2.20. The van der Waals surface area contributed by atoms with Crippen LogP contribution < -0.4 is 5.32 Å². The Bertz CT molecular complexity index is 587. The summed E-state index contributed by atoms with van der Waals surface area (Å²) in [5.41, 5.74) is 2.10. The molecule has 0 fully saturated rings. The van der Waals surface area contributed by atoms with Crippen molar-refractivity contribution in [1.29, 1.82) is 0 Å². The standard InChI is InChI=1S/C15H17N3O/c1-4-14(19)16-15-11(2)10-18(17-15)12(3)13-8-6-5-7-9-13/h4-10,12H,1H2,2-3H3,(H,16,17,19). The minimum absolute atomic E-state index is 0.120. The fraction of sp³-hybridized carbons (Fsp3) is 0.200. The molecular formula is C15H17N3O. The summed E-state index contributed by atoms with van der Waals surface area (Å²) in [5.74, 6) is 0.327. The molecule has 1 heterocycles. The second kappa shape index (κ2) is 5.52. The van der Waals surface area contributed by atoms with Gasteiger partial charge in [0, 0.05) is 11.8 Å². The SMILES string of the molecule is C=CC(=O)Nc1nn(C(C)c2ccccc2)cc1C. The van der Waals surface area contributed by atoms with Crippen LogP contribution in [0.15, 0.2) is 49.2 Å². The number of anilines is 1. The molecule has 2 rings (SSSR count). The molecule has 1 atom stereocenters. The van der Waals surface area contributed by atoms with Gasteiger partial charge in [-0.15, -0.1) is 0 Å². The summed E-state index contributed by atoms with van der Waals surface area (Å²) in [4.78, 5) is 11.3. The van der Waals surface area contributed by atoms with E-state index in [1.54, 1.807) is 0 Å². The van der Waals surface area contributed by atoms with Crippen molar-refractivity contribution in [2.75, 3.05) is 5.32 Å². The number of hydrogen-bond acceptors (Lipinski definition) is 2. The highest BCUT2D eigenvalue weighted by atomic mass is 16.1. The van der Waals surface area contributed by atoms with Crippen LogP contribution in [0.25, 0.3) is 0 Å². The van der Waals surface area contributed by atoms with Crippen LogP contribution in [0, 0.1) is 6.92 Å². The number of benzene rings is 1. The number of nitrogens with one attached hydrogen (secondary N) is 1. The predicted octanol–water partition coefficient (Wildman–Crippen LogP) is 2.93. The first-order chi connectivity index (χ1) is 9.11. The van der Waals surface area contributed by atoms with E-state index in [4.69, 9.17) is 0 Å². The highest BCUT2D eigenvalue weighted by Gasteiger charge is 2.12. The number of amides is 1. The molecule has 98 valence electrons. The van der Waals surface area contributed by atoms with E-state index in [1.807, 2.05) is 36.0 Å². The molecular weight excluding hydrogens is 238 g/mol. The zero-order valence-electron chi connectivity index (χ0n) is 11.1. The molecule has 0 spiro atoms. The minimum Gasteiger partial charge on any atom is -0.305 e. The van der Waals surface area contributed by atoms with Crippen molar-refractivity contribution in [3.63, 3.8) is 0 Å². The molecule has 1 aromatic heterocycles. The molecule has 19 heavy (non-hydrogen) atoms. The number of aromatic nitrogens is 2. The number of rotatable bonds is 4. The topological polar surface area (TPSA) is 46.9 Å². The molecule has 0 aliphatic carbocycles. The zero-order valence-corrected chi connectivity index (χ0v) is 11.1. The Labute approximate surface area is 112 Å². The Hall–Kier alpha value is -2.36.